The van der Waals surface area contributed by atoms with Gasteiger partial charge >= 0.3 is 6.03 Å². The highest BCUT2D eigenvalue weighted by Gasteiger charge is 2.21. The number of rotatable bonds is 9. The summed E-state index contributed by atoms with van der Waals surface area (Å²) >= 11 is 1.79. The van der Waals surface area contributed by atoms with Gasteiger partial charge in [0.25, 0.3) is 0 Å². The largest absolute Gasteiger partial charge is 0.333 e. The first-order valence-corrected chi connectivity index (χ1v) is 11.1. The van der Waals surface area contributed by atoms with E-state index in [4.69, 9.17) is 0 Å². The summed E-state index contributed by atoms with van der Waals surface area (Å²) in [4.78, 5) is 16.2. The van der Waals surface area contributed by atoms with Crippen molar-refractivity contribution in [3.8, 4) is 6.19 Å². The molecule has 3 aromatic rings. The maximum Gasteiger partial charge on any atom is 0.333 e. The van der Waals surface area contributed by atoms with Crippen molar-refractivity contribution in [2.75, 3.05) is 12.3 Å². The Morgan fingerprint density at radius 2 is 1.27 bits per heavy atom. The van der Waals surface area contributed by atoms with E-state index in [0.717, 1.165) is 22.6 Å². The molecule has 0 bridgehead atoms. The maximum atomic E-state index is 13.2. The number of amides is 2. The molecule has 30 heavy (non-hydrogen) atoms. The van der Waals surface area contributed by atoms with Crippen LogP contribution < -0.4 is 0 Å². The van der Waals surface area contributed by atoms with Crippen LogP contribution in [0.3, 0.4) is 0 Å². The van der Waals surface area contributed by atoms with E-state index in [-0.39, 0.29) is 12.6 Å². The molecule has 0 radical (unpaired) electrons. The lowest BCUT2D eigenvalue weighted by Crippen LogP contribution is -2.41. The molecule has 0 spiro atoms. The molecule has 0 fully saturated rings. The van der Waals surface area contributed by atoms with Crippen molar-refractivity contribution < 1.29 is 4.79 Å². The van der Waals surface area contributed by atoms with Gasteiger partial charge in [-0.05, 0) is 16.7 Å². The molecular weight excluding hydrogens is 390 g/mol. The van der Waals surface area contributed by atoms with Gasteiger partial charge in [0.15, 0.2) is 6.19 Å². The summed E-state index contributed by atoms with van der Waals surface area (Å²) in [6.07, 6.45) is 2.07. The van der Waals surface area contributed by atoms with Crippen molar-refractivity contribution in [2.45, 2.75) is 18.8 Å². The van der Waals surface area contributed by atoms with Crippen molar-refractivity contribution >= 4 is 17.8 Å². The Kier molecular flexibility index (Phi) is 8.37. The fraction of sp³-hybridized carbons (Fsp3) is 0.200. The van der Waals surface area contributed by atoms with Crippen LogP contribution in [0.1, 0.15) is 16.7 Å². The van der Waals surface area contributed by atoms with Crippen LogP contribution in [0.25, 0.3) is 0 Å². The van der Waals surface area contributed by atoms with E-state index in [1.165, 1.54) is 10.5 Å². The highest BCUT2D eigenvalue weighted by Crippen LogP contribution is 2.15. The van der Waals surface area contributed by atoms with E-state index in [0.29, 0.717) is 13.1 Å². The third-order valence-electron chi connectivity index (χ3n) is 4.64. The SMILES string of the molecule is N#CN(Cc1ccccc1)C(=O)N(CCSCc1ccccc1)Cc1ccccc1. The number of hydrogen-bond donors (Lipinski definition) is 0. The molecule has 3 aromatic carbocycles. The minimum absolute atomic E-state index is 0.259. The maximum absolute atomic E-state index is 13.2. The van der Waals surface area contributed by atoms with Crippen molar-refractivity contribution in [3.63, 3.8) is 0 Å². The van der Waals surface area contributed by atoms with Crippen LogP contribution in [0.15, 0.2) is 91.0 Å². The van der Waals surface area contributed by atoms with E-state index in [9.17, 15) is 10.1 Å². The standard InChI is InChI=1S/C25H25N3OS/c26-21-28(19-23-12-6-2-7-13-23)25(29)27(18-22-10-4-1-5-11-22)16-17-30-20-24-14-8-3-9-15-24/h1-15H,16-20H2. The topological polar surface area (TPSA) is 47.3 Å². The van der Waals surface area contributed by atoms with E-state index < -0.39 is 0 Å². The first-order chi connectivity index (χ1) is 14.8. The Morgan fingerprint density at radius 3 is 1.80 bits per heavy atom. The molecule has 0 aliphatic heterocycles. The summed E-state index contributed by atoms with van der Waals surface area (Å²) in [6.45, 7) is 1.34. The van der Waals surface area contributed by atoms with Crippen LogP contribution in [0.2, 0.25) is 0 Å². The van der Waals surface area contributed by atoms with Gasteiger partial charge in [-0.15, -0.1) is 0 Å². The Bertz CT molecular complexity index is 942. The average molecular weight is 416 g/mol. The van der Waals surface area contributed by atoms with Gasteiger partial charge in [-0.25, -0.2) is 9.69 Å². The second kappa shape index (κ2) is 11.7. The van der Waals surface area contributed by atoms with E-state index in [1.807, 2.05) is 78.9 Å². The molecular formula is C25H25N3OS. The molecule has 0 aliphatic carbocycles. The molecule has 2 amide bonds. The number of hydrogen-bond acceptors (Lipinski definition) is 3. The third-order valence-corrected chi connectivity index (χ3v) is 5.65. The van der Waals surface area contributed by atoms with Crippen molar-refractivity contribution in [2.24, 2.45) is 0 Å². The lowest BCUT2D eigenvalue weighted by atomic mass is 10.2. The molecule has 0 heterocycles. The van der Waals surface area contributed by atoms with Gasteiger partial charge in [0.1, 0.15) is 0 Å². The molecule has 4 nitrogen and oxygen atoms in total. The average Bonchev–Trinajstić information content (AvgIpc) is 2.81. The molecule has 0 aliphatic rings. The number of carbonyl (C=O) groups is 1. The quantitative estimate of drug-likeness (QED) is 0.262. The fourth-order valence-corrected chi connectivity index (χ4v) is 3.99. The highest BCUT2D eigenvalue weighted by atomic mass is 32.2. The summed E-state index contributed by atoms with van der Waals surface area (Å²) in [7, 11) is 0. The number of carbonyl (C=O) groups excluding carboxylic acids is 1. The number of nitrogens with zero attached hydrogens (tertiary/aromatic N) is 3. The predicted molar refractivity (Wildman–Crippen MR) is 122 cm³/mol. The van der Waals surface area contributed by atoms with Gasteiger partial charge in [-0.2, -0.15) is 17.0 Å². The molecule has 5 heteroatoms. The number of nitriles is 1. The summed E-state index contributed by atoms with van der Waals surface area (Å²) in [5.74, 6) is 1.71. The molecule has 0 saturated carbocycles. The van der Waals surface area contributed by atoms with Gasteiger partial charge in [-0.1, -0.05) is 91.0 Å². The Hall–Kier alpha value is -3.23. The van der Waals surface area contributed by atoms with Crippen LogP contribution in [-0.4, -0.2) is 28.1 Å². The minimum atomic E-state index is -0.259. The van der Waals surface area contributed by atoms with Crippen molar-refractivity contribution in [1.82, 2.24) is 9.80 Å². The van der Waals surface area contributed by atoms with E-state index in [1.54, 1.807) is 16.7 Å². The van der Waals surface area contributed by atoms with Crippen LogP contribution in [0.5, 0.6) is 0 Å². The van der Waals surface area contributed by atoms with E-state index in [2.05, 4.69) is 18.3 Å². The van der Waals surface area contributed by atoms with Crippen LogP contribution >= 0.6 is 11.8 Å². The molecule has 0 saturated heterocycles. The smallest absolute Gasteiger partial charge is 0.319 e. The van der Waals surface area contributed by atoms with Crippen LogP contribution in [0, 0.1) is 11.5 Å². The zero-order valence-corrected chi connectivity index (χ0v) is 17.7. The predicted octanol–water partition coefficient (Wildman–Crippen LogP) is 5.53. The molecule has 0 unspecified atom stereocenters. The number of urea groups is 1. The fourth-order valence-electron chi connectivity index (χ4n) is 3.07. The third kappa shape index (κ3) is 6.68. The molecule has 0 N–H and O–H groups in total. The summed E-state index contributed by atoms with van der Waals surface area (Å²) in [6, 6.07) is 29.6. The first-order valence-electron chi connectivity index (χ1n) is 9.92. The molecule has 152 valence electrons. The normalized spacial score (nSPS) is 10.2. The van der Waals surface area contributed by atoms with E-state index >= 15 is 0 Å². The molecule has 0 aromatic heterocycles. The Balaban J connectivity index is 1.64. The van der Waals surface area contributed by atoms with Gasteiger partial charge in [0.05, 0.1) is 6.54 Å². The van der Waals surface area contributed by atoms with Gasteiger partial charge in [0, 0.05) is 24.6 Å². The zero-order chi connectivity index (χ0) is 21.0. The summed E-state index contributed by atoms with van der Waals surface area (Å²) in [5.41, 5.74) is 3.26. The molecule has 0 atom stereocenters. The second-order valence-corrected chi connectivity index (χ2v) is 8.00. The van der Waals surface area contributed by atoms with Crippen molar-refractivity contribution in [1.29, 1.82) is 5.26 Å². The Labute approximate surface area is 182 Å². The lowest BCUT2D eigenvalue weighted by molar-refractivity contribution is 0.170. The van der Waals surface area contributed by atoms with Gasteiger partial charge in [0.2, 0.25) is 0 Å². The minimum Gasteiger partial charge on any atom is -0.319 e. The van der Waals surface area contributed by atoms with Gasteiger partial charge in [-0.3, -0.25) is 0 Å². The van der Waals surface area contributed by atoms with Crippen molar-refractivity contribution in [3.05, 3.63) is 108 Å². The number of benzene rings is 3. The first kappa shape index (κ1) is 21.5. The summed E-state index contributed by atoms with van der Waals surface area (Å²) < 4.78 is 0. The molecule has 3 rings (SSSR count). The zero-order valence-electron chi connectivity index (χ0n) is 16.9. The van der Waals surface area contributed by atoms with Crippen LogP contribution in [0.4, 0.5) is 4.79 Å². The Morgan fingerprint density at radius 1 is 0.767 bits per heavy atom. The highest BCUT2D eigenvalue weighted by molar-refractivity contribution is 7.98. The van der Waals surface area contributed by atoms with Gasteiger partial charge < -0.3 is 4.90 Å². The second-order valence-electron chi connectivity index (χ2n) is 6.90. The van der Waals surface area contributed by atoms with Crippen LogP contribution in [-0.2, 0) is 18.8 Å². The monoisotopic (exact) mass is 415 g/mol. The lowest BCUT2D eigenvalue weighted by Gasteiger charge is -2.26. The summed E-state index contributed by atoms with van der Waals surface area (Å²) in [5, 5.41) is 9.62. The number of thioether (sulfide) groups is 1.